The largest absolute Gasteiger partial charge is 0.325 e. The van der Waals surface area contributed by atoms with Crippen molar-refractivity contribution in [2.24, 2.45) is 11.7 Å². The highest BCUT2D eigenvalue weighted by Gasteiger charge is 2.38. The summed E-state index contributed by atoms with van der Waals surface area (Å²) in [4.78, 5) is 17.7. The van der Waals surface area contributed by atoms with Gasteiger partial charge < -0.3 is 11.1 Å². The molecule has 0 bridgehead atoms. The fourth-order valence-electron chi connectivity index (χ4n) is 3.26. The molecule has 1 aromatic carbocycles. The van der Waals surface area contributed by atoms with Crippen LogP contribution in [0.2, 0.25) is 0 Å². The number of anilines is 1. The lowest BCUT2D eigenvalue weighted by Gasteiger charge is -2.36. The zero-order valence-corrected chi connectivity index (χ0v) is 15.8. The van der Waals surface area contributed by atoms with Crippen molar-refractivity contribution in [3.05, 3.63) is 46.7 Å². The van der Waals surface area contributed by atoms with E-state index < -0.39 is 5.54 Å². The summed E-state index contributed by atoms with van der Waals surface area (Å²) in [6.45, 7) is 1.95. The summed E-state index contributed by atoms with van der Waals surface area (Å²) in [6.07, 6.45) is 5.93. The van der Waals surface area contributed by atoms with Crippen LogP contribution >= 0.6 is 23.7 Å². The Labute approximate surface area is 157 Å². The summed E-state index contributed by atoms with van der Waals surface area (Å²) in [5, 5.41) is 3.43. The Morgan fingerprint density at radius 1 is 1.44 bits per heavy atom. The molecule has 7 heteroatoms. The van der Waals surface area contributed by atoms with E-state index in [1.165, 1.54) is 17.4 Å². The lowest BCUT2D eigenvalue weighted by atomic mass is 9.74. The molecule has 1 amide bonds. The number of halogens is 2. The number of nitrogens with zero attached hydrogens (tertiary/aromatic N) is 1. The standard InChI is InChI=1S/C18H22FN3OS.ClH/c1-18(20)9-5-4-7-14(18)16(23)22-17-21-11-13(24-17)10-12-6-2-3-8-15(12)19;/h2-3,6,8,11,14H,4-5,7,9-10,20H2,1H3,(H,21,22,23);1H. The lowest BCUT2D eigenvalue weighted by molar-refractivity contribution is -0.122. The van der Waals surface area contributed by atoms with Gasteiger partial charge in [-0.1, -0.05) is 31.0 Å². The molecule has 2 aromatic rings. The van der Waals surface area contributed by atoms with Crippen LogP contribution in [0.1, 0.15) is 43.0 Å². The van der Waals surface area contributed by atoms with E-state index in [1.54, 1.807) is 18.3 Å². The summed E-state index contributed by atoms with van der Waals surface area (Å²) in [5.74, 6) is -0.478. The van der Waals surface area contributed by atoms with Crippen molar-refractivity contribution in [2.75, 3.05) is 5.32 Å². The third-order valence-corrected chi connectivity index (χ3v) is 5.59. The van der Waals surface area contributed by atoms with Crippen molar-refractivity contribution >= 4 is 34.8 Å². The van der Waals surface area contributed by atoms with E-state index in [4.69, 9.17) is 5.73 Å². The summed E-state index contributed by atoms with van der Waals surface area (Å²) in [7, 11) is 0. The van der Waals surface area contributed by atoms with Crippen LogP contribution < -0.4 is 11.1 Å². The molecule has 1 saturated carbocycles. The topological polar surface area (TPSA) is 68.0 Å². The maximum atomic E-state index is 13.7. The third kappa shape index (κ3) is 4.77. The normalized spacial score (nSPS) is 22.9. The molecule has 1 aromatic heterocycles. The average molecular weight is 384 g/mol. The Kier molecular flexibility index (Phi) is 6.54. The average Bonchev–Trinajstić information content (AvgIpc) is 2.96. The minimum absolute atomic E-state index is 0. The quantitative estimate of drug-likeness (QED) is 0.833. The van der Waals surface area contributed by atoms with Crippen LogP contribution in [0, 0.1) is 11.7 Å². The van der Waals surface area contributed by atoms with Crippen LogP contribution in [0.4, 0.5) is 9.52 Å². The molecule has 0 radical (unpaired) electrons. The molecule has 2 atom stereocenters. The molecule has 25 heavy (non-hydrogen) atoms. The van der Waals surface area contributed by atoms with Crippen molar-refractivity contribution in [3.63, 3.8) is 0 Å². The molecular formula is C18H23ClFN3OS. The SMILES string of the molecule is CC1(N)CCCCC1C(=O)Nc1ncc(Cc2ccccc2F)s1.Cl. The van der Waals surface area contributed by atoms with Gasteiger partial charge in [0.15, 0.2) is 5.13 Å². The predicted octanol–water partition coefficient (Wildman–Crippen LogP) is 4.14. The number of carbonyl (C=O) groups excluding carboxylic acids is 1. The molecule has 0 aliphatic heterocycles. The number of aromatic nitrogens is 1. The highest BCUT2D eigenvalue weighted by Crippen LogP contribution is 2.33. The maximum Gasteiger partial charge on any atom is 0.231 e. The van der Waals surface area contributed by atoms with Crippen LogP contribution in [0.5, 0.6) is 0 Å². The Balaban J connectivity index is 0.00000225. The number of benzene rings is 1. The number of thiazole rings is 1. The van der Waals surface area contributed by atoms with E-state index in [1.807, 2.05) is 13.0 Å². The van der Waals surface area contributed by atoms with E-state index in [9.17, 15) is 9.18 Å². The molecule has 4 nitrogen and oxygen atoms in total. The van der Waals surface area contributed by atoms with Crippen molar-refractivity contribution in [3.8, 4) is 0 Å². The molecular weight excluding hydrogens is 361 g/mol. The molecule has 3 N–H and O–H groups in total. The first kappa shape index (κ1) is 19.8. The molecule has 136 valence electrons. The second-order valence-corrected chi connectivity index (χ2v) is 7.81. The fourth-order valence-corrected chi connectivity index (χ4v) is 4.10. The molecule has 1 aliphatic rings. The van der Waals surface area contributed by atoms with Gasteiger partial charge in [-0.05, 0) is 31.4 Å². The fraction of sp³-hybridized carbons (Fsp3) is 0.444. The van der Waals surface area contributed by atoms with Gasteiger partial charge in [-0.25, -0.2) is 9.37 Å². The number of hydrogen-bond acceptors (Lipinski definition) is 4. The Morgan fingerprint density at radius 3 is 2.92 bits per heavy atom. The van der Waals surface area contributed by atoms with Gasteiger partial charge in [-0.2, -0.15) is 0 Å². The van der Waals surface area contributed by atoms with Gasteiger partial charge in [0, 0.05) is 23.0 Å². The zero-order chi connectivity index (χ0) is 17.2. The smallest absolute Gasteiger partial charge is 0.231 e. The van der Waals surface area contributed by atoms with Gasteiger partial charge >= 0.3 is 0 Å². The van der Waals surface area contributed by atoms with Crippen molar-refractivity contribution in [2.45, 2.75) is 44.6 Å². The Morgan fingerprint density at radius 2 is 2.20 bits per heavy atom. The van der Waals surface area contributed by atoms with Gasteiger partial charge in [0.1, 0.15) is 5.82 Å². The first-order valence-electron chi connectivity index (χ1n) is 8.23. The minimum Gasteiger partial charge on any atom is -0.325 e. The maximum absolute atomic E-state index is 13.7. The molecule has 0 spiro atoms. The van der Waals surface area contributed by atoms with Gasteiger partial charge in [0.05, 0.1) is 5.92 Å². The number of nitrogens with two attached hydrogens (primary N) is 1. The summed E-state index contributed by atoms with van der Waals surface area (Å²) < 4.78 is 13.7. The van der Waals surface area contributed by atoms with Crippen LogP contribution in [0.15, 0.2) is 30.5 Å². The van der Waals surface area contributed by atoms with Gasteiger partial charge in [-0.15, -0.1) is 23.7 Å². The monoisotopic (exact) mass is 383 g/mol. The molecule has 2 unspecified atom stereocenters. The van der Waals surface area contributed by atoms with E-state index in [0.29, 0.717) is 17.1 Å². The van der Waals surface area contributed by atoms with E-state index >= 15 is 0 Å². The zero-order valence-electron chi connectivity index (χ0n) is 14.1. The van der Waals surface area contributed by atoms with Crippen LogP contribution in [0.25, 0.3) is 0 Å². The molecule has 3 rings (SSSR count). The van der Waals surface area contributed by atoms with E-state index in [-0.39, 0.29) is 30.0 Å². The van der Waals surface area contributed by atoms with E-state index in [2.05, 4.69) is 10.3 Å². The summed E-state index contributed by atoms with van der Waals surface area (Å²) in [5.41, 5.74) is 6.44. The third-order valence-electron chi connectivity index (χ3n) is 4.68. The second kappa shape index (κ2) is 8.25. The summed E-state index contributed by atoms with van der Waals surface area (Å²) >= 11 is 1.38. The first-order valence-corrected chi connectivity index (χ1v) is 9.05. The van der Waals surface area contributed by atoms with Crippen LogP contribution in [0.3, 0.4) is 0 Å². The minimum atomic E-state index is -0.463. The first-order chi connectivity index (χ1) is 11.5. The number of nitrogens with one attached hydrogen (secondary N) is 1. The Bertz CT molecular complexity index is 735. The highest BCUT2D eigenvalue weighted by molar-refractivity contribution is 7.15. The van der Waals surface area contributed by atoms with Crippen molar-refractivity contribution in [1.82, 2.24) is 4.98 Å². The number of amides is 1. The molecule has 1 fully saturated rings. The highest BCUT2D eigenvalue weighted by atomic mass is 35.5. The Hall–Kier alpha value is -1.50. The van der Waals surface area contributed by atoms with Gasteiger partial charge in [0.2, 0.25) is 5.91 Å². The van der Waals surface area contributed by atoms with Gasteiger partial charge in [0.25, 0.3) is 0 Å². The number of carbonyl (C=O) groups is 1. The van der Waals surface area contributed by atoms with E-state index in [0.717, 1.165) is 30.6 Å². The molecule has 1 heterocycles. The van der Waals surface area contributed by atoms with Crippen molar-refractivity contribution in [1.29, 1.82) is 0 Å². The predicted molar refractivity (Wildman–Crippen MR) is 102 cm³/mol. The van der Waals surface area contributed by atoms with Crippen LogP contribution in [-0.4, -0.2) is 16.4 Å². The van der Waals surface area contributed by atoms with Crippen molar-refractivity contribution < 1.29 is 9.18 Å². The summed E-state index contributed by atoms with van der Waals surface area (Å²) in [6, 6.07) is 6.69. The number of rotatable bonds is 4. The molecule has 1 aliphatic carbocycles. The lowest BCUT2D eigenvalue weighted by Crippen LogP contribution is -2.51. The second-order valence-electron chi connectivity index (χ2n) is 6.69. The molecule has 0 saturated heterocycles. The van der Waals surface area contributed by atoms with Crippen LogP contribution in [-0.2, 0) is 11.2 Å². The van der Waals surface area contributed by atoms with Gasteiger partial charge in [-0.3, -0.25) is 4.79 Å². The number of hydrogen-bond donors (Lipinski definition) is 2.